The molecule has 0 unspecified atom stereocenters. The summed E-state index contributed by atoms with van der Waals surface area (Å²) in [5.74, 6) is 1.67. The van der Waals surface area contributed by atoms with Crippen LogP contribution in [0.2, 0.25) is 0 Å². The van der Waals surface area contributed by atoms with E-state index in [-0.39, 0.29) is 18.0 Å². The molecule has 3 aromatic heterocycles. The van der Waals surface area contributed by atoms with E-state index in [1.807, 2.05) is 65.5 Å². The molecule has 0 aliphatic rings. The first-order chi connectivity index (χ1) is 16.7. The standard InChI is InChI=1S/C27H27N5OS/c1-34-18-14-23(27-30-29-25-13-4-5-17-32(25)27)28-26(33)19-24(31-15-6-7-16-31)22-12-8-10-20-9-2-3-11-21(20)22/h2-13,15-17,23-24H,14,18-19H2,1H3,(H,28,33)/t23-,24-/m1/s1. The summed E-state index contributed by atoms with van der Waals surface area (Å²) in [5.41, 5.74) is 1.92. The third-order valence-electron chi connectivity index (χ3n) is 6.15. The zero-order chi connectivity index (χ0) is 23.3. The van der Waals surface area contributed by atoms with Crippen molar-refractivity contribution in [2.75, 3.05) is 12.0 Å². The number of amides is 1. The highest BCUT2D eigenvalue weighted by Crippen LogP contribution is 2.30. The molecule has 0 saturated heterocycles. The maximum absolute atomic E-state index is 13.5. The molecule has 172 valence electrons. The van der Waals surface area contributed by atoms with E-state index in [1.165, 1.54) is 10.8 Å². The van der Waals surface area contributed by atoms with E-state index in [0.29, 0.717) is 6.42 Å². The Bertz CT molecular complexity index is 1390. The second kappa shape index (κ2) is 10.1. The Morgan fingerprint density at radius 2 is 1.71 bits per heavy atom. The van der Waals surface area contributed by atoms with Crippen molar-refractivity contribution in [3.63, 3.8) is 0 Å². The number of carbonyl (C=O) groups is 1. The number of fused-ring (bicyclic) bond motifs is 2. The Kier molecular flexibility index (Phi) is 6.62. The second-order valence-corrected chi connectivity index (χ2v) is 9.29. The number of nitrogens with zero attached hydrogens (tertiary/aromatic N) is 4. The van der Waals surface area contributed by atoms with Crippen molar-refractivity contribution in [2.24, 2.45) is 0 Å². The largest absolute Gasteiger partial charge is 0.346 e. The molecule has 1 N–H and O–H groups in total. The number of pyridine rings is 1. The van der Waals surface area contributed by atoms with Gasteiger partial charge in [0.15, 0.2) is 11.5 Å². The van der Waals surface area contributed by atoms with E-state index in [4.69, 9.17) is 0 Å². The molecule has 0 aliphatic carbocycles. The lowest BCUT2D eigenvalue weighted by molar-refractivity contribution is -0.122. The van der Waals surface area contributed by atoms with E-state index in [2.05, 4.69) is 56.7 Å². The summed E-state index contributed by atoms with van der Waals surface area (Å²) >= 11 is 1.76. The molecule has 0 saturated carbocycles. The third kappa shape index (κ3) is 4.56. The number of rotatable bonds is 9. The Hall–Kier alpha value is -3.58. The van der Waals surface area contributed by atoms with E-state index in [1.54, 1.807) is 11.8 Å². The fraction of sp³-hybridized carbons (Fsp3) is 0.222. The van der Waals surface area contributed by atoms with Gasteiger partial charge < -0.3 is 9.88 Å². The summed E-state index contributed by atoms with van der Waals surface area (Å²) in [6, 6.07) is 24.1. The number of carbonyl (C=O) groups excluding carboxylic acids is 1. The summed E-state index contributed by atoms with van der Waals surface area (Å²) in [6.07, 6.45) is 9.18. The summed E-state index contributed by atoms with van der Waals surface area (Å²) in [6.45, 7) is 0. The minimum absolute atomic E-state index is 0.00887. The van der Waals surface area contributed by atoms with E-state index < -0.39 is 0 Å². The van der Waals surface area contributed by atoms with E-state index in [9.17, 15) is 4.79 Å². The minimum atomic E-state index is -0.213. The molecular formula is C27H27N5OS. The molecule has 1 amide bonds. The molecule has 2 aromatic carbocycles. The summed E-state index contributed by atoms with van der Waals surface area (Å²) in [4.78, 5) is 13.5. The molecule has 6 nitrogen and oxygen atoms in total. The van der Waals surface area contributed by atoms with Crippen LogP contribution in [-0.2, 0) is 4.79 Å². The van der Waals surface area contributed by atoms with Gasteiger partial charge in [-0.05, 0) is 59.0 Å². The van der Waals surface area contributed by atoms with Gasteiger partial charge in [-0.2, -0.15) is 11.8 Å². The van der Waals surface area contributed by atoms with Crippen LogP contribution in [0.25, 0.3) is 16.4 Å². The highest BCUT2D eigenvalue weighted by molar-refractivity contribution is 7.98. The van der Waals surface area contributed by atoms with Crippen LogP contribution < -0.4 is 5.32 Å². The van der Waals surface area contributed by atoms with Crippen LogP contribution in [0.15, 0.2) is 91.4 Å². The average molecular weight is 470 g/mol. The Balaban J connectivity index is 1.44. The van der Waals surface area contributed by atoms with Gasteiger partial charge in [-0.1, -0.05) is 48.5 Å². The molecule has 3 heterocycles. The van der Waals surface area contributed by atoms with Crippen molar-refractivity contribution in [3.05, 3.63) is 103 Å². The number of aromatic nitrogens is 4. The fourth-order valence-electron chi connectivity index (χ4n) is 4.50. The molecule has 0 spiro atoms. The number of benzene rings is 2. The fourth-order valence-corrected chi connectivity index (χ4v) is 4.97. The third-order valence-corrected chi connectivity index (χ3v) is 6.79. The van der Waals surface area contributed by atoms with Crippen molar-refractivity contribution >= 4 is 34.1 Å². The average Bonchev–Trinajstić information content (AvgIpc) is 3.55. The highest BCUT2D eigenvalue weighted by Gasteiger charge is 2.24. The van der Waals surface area contributed by atoms with E-state index in [0.717, 1.165) is 29.2 Å². The first-order valence-corrected chi connectivity index (χ1v) is 12.8. The van der Waals surface area contributed by atoms with Gasteiger partial charge in [-0.15, -0.1) is 10.2 Å². The number of hydrogen-bond donors (Lipinski definition) is 1. The van der Waals surface area contributed by atoms with E-state index >= 15 is 0 Å². The molecule has 5 aromatic rings. The maximum atomic E-state index is 13.5. The van der Waals surface area contributed by atoms with Gasteiger partial charge in [0.1, 0.15) is 0 Å². The lowest BCUT2D eigenvalue weighted by atomic mass is 9.96. The lowest BCUT2D eigenvalue weighted by Crippen LogP contribution is -2.32. The number of hydrogen-bond acceptors (Lipinski definition) is 4. The number of thioether (sulfide) groups is 1. The normalized spacial score (nSPS) is 13.2. The zero-order valence-electron chi connectivity index (χ0n) is 19.0. The van der Waals surface area contributed by atoms with Crippen molar-refractivity contribution in [3.8, 4) is 0 Å². The summed E-state index contributed by atoms with van der Waals surface area (Å²) in [7, 11) is 0. The van der Waals surface area contributed by atoms with Gasteiger partial charge in [0.2, 0.25) is 5.91 Å². The van der Waals surface area contributed by atoms with Crippen molar-refractivity contribution in [2.45, 2.75) is 24.9 Å². The Morgan fingerprint density at radius 1 is 0.941 bits per heavy atom. The van der Waals surface area contributed by atoms with Crippen LogP contribution in [0.4, 0.5) is 0 Å². The van der Waals surface area contributed by atoms with Crippen LogP contribution >= 0.6 is 11.8 Å². The molecule has 7 heteroatoms. The van der Waals surface area contributed by atoms with Gasteiger partial charge in [0, 0.05) is 18.6 Å². The maximum Gasteiger partial charge on any atom is 0.223 e. The Labute approximate surface area is 203 Å². The molecule has 2 atom stereocenters. The molecule has 5 rings (SSSR count). The quantitative estimate of drug-likeness (QED) is 0.319. The predicted octanol–water partition coefficient (Wildman–Crippen LogP) is 5.27. The van der Waals surface area contributed by atoms with Crippen molar-refractivity contribution in [1.29, 1.82) is 0 Å². The summed E-state index contributed by atoms with van der Waals surface area (Å²) in [5, 5.41) is 14.3. The van der Waals surface area contributed by atoms with Gasteiger partial charge >= 0.3 is 0 Å². The van der Waals surface area contributed by atoms with Gasteiger partial charge in [-0.25, -0.2) is 0 Å². The smallest absolute Gasteiger partial charge is 0.223 e. The lowest BCUT2D eigenvalue weighted by Gasteiger charge is -2.23. The summed E-state index contributed by atoms with van der Waals surface area (Å²) < 4.78 is 4.07. The molecule has 34 heavy (non-hydrogen) atoms. The molecule has 0 radical (unpaired) electrons. The number of nitrogens with one attached hydrogen (secondary N) is 1. The van der Waals surface area contributed by atoms with Gasteiger partial charge in [0.05, 0.1) is 18.5 Å². The first-order valence-electron chi connectivity index (χ1n) is 11.4. The molecule has 0 aliphatic heterocycles. The van der Waals surface area contributed by atoms with Crippen LogP contribution in [0.1, 0.15) is 36.3 Å². The van der Waals surface area contributed by atoms with Crippen LogP contribution in [0, 0.1) is 0 Å². The first kappa shape index (κ1) is 22.2. The molecule has 0 fully saturated rings. The van der Waals surface area contributed by atoms with Gasteiger partial charge in [0.25, 0.3) is 0 Å². The zero-order valence-corrected chi connectivity index (χ0v) is 19.9. The van der Waals surface area contributed by atoms with Crippen molar-refractivity contribution < 1.29 is 4.79 Å². The topological polar surface area (TPSA) is 64.2 Å². The van der Waals surface area contributed by atoms with Gasteiger partial charge in [-0.3, -0.25) is 9.20 Å². The molecule has 0 bridgehead atoms. The monoisotopic (exact) mass is 469 g/mol. The molecular weight excluding hydrogens is 442 g/mol. The predicted molar refractivity (Wildman–Crippen MR) is 138 cm³/mol. The second-order valence-electron chi connectivity index (χ2n) is 8.31. The SMILES string of the molecule is CSCC[C@@H](NC(=O)C[C@H](c1cccc2ccccc12)n1cccc1)c1nnc2ccccn12. The van der Waals surface area contributed by atoms with Crippen LogP contribution in [0.3, 0.4) is 0 Å². The Morgan fingerprint density at radius 3 is 2.56 bits per heavy atom. The van der Waals surface area contributed by atoms with Crippen LogP contribution in [-0.4, -0.2) is 37.1 Å². The van der Waals surface area contributed by atoms with Crippen molar-refractivity contribution in [1.82, 2.24) is 24.5 Å². The highest BCUT2D eigenvalue weighted by atomic mass is 32.2. The van der Waals surface area contributed by atoms with Crippen LogP contribution in [0.5, 0.6) is 0 Å². The minimum Gasteiger partial charge on any atom is -0.346 e.